The molecule has 0 amide bonds. The minimum absolute atomic E-state index is 0.240. The van der Waals surface area contributed by atoms with Gasteiger partial charge in [-0.1, -0.05) is 12.1 Å². The molecule has 0 bridgehead atoms. The van der Waals surface area contributed by atoms with Crippen LogP contribution in [0.25, 0.3) is 0 Å². The minimum Gasteiger partial charge on any atom is -0.348 e. The lowest BCUT2D eigenvalue weighted by Gasteiger charge is -2.20. The molecule has 0 fully saturated rings. The highest BCUT2D eigenvalue weighted by atomic mass is 16.1. The van der Waals surface area contributed by atoms with Crippen molar-refractivity contribution in [3.63, 3.8) is 0 Å². The molecule has 0 heterocycles. The van der Waals surface area contributed by atoms with Gasteiger partial charge in [-0.15, -0.1) is 0 Å². The Morgan fingerprint density at radius 3 is 2.67 bits per heavy atom. The zero-order valence-electron chi connectivity index (χ0n) is 9.16. The predicted molar refractivity (Wildman–Crippen MR) is 61.9 cm³/mol. The maximum atomic E-state index is 11.2. The van der Waals surface area contributed by atoms with Crippen LogP contribution in [0.4, 0.5) is 5.69 Å². The fourth-order valence-electron chi connectivity index (χ4n) is 1.85. The van der Waals surface area contributed by atoms with Gasteiger partial charge in [0.1, 0.15) is 0 Å². The zero-order valence-corrected chi connectivity index (χ0v) is 9.16. The summed E-state index contributed by atoms with van der Waals surface area (Å²) >= 11 is 0. The van der Waals surface area contributed by atoms with Crippen LogP contribution in [-0.2, 0) is 4.79 Å². The molecule has 0 saturated heterocycles. The van der Waals surface area contributed by atoms with Crippen molar-refractivity contribution in [3.8, 4) is 0 Å². The maximum Gasteiger partial charge on any atom is 0.157 e. The molecule has 0 atom stereocenters. The Hall–Kier alpha value is -1.57. The number of benzene rings is 1. The fourth-order valence-corrected chi connectivity index (χ4v) is 1.85. The lowest BCUT2D eigenvalue weighted by Crippen LogP contribution is -2.14. The van der Waals surface area contributed by atoms with Gasteiger partial charge in [0, 0.05) is 30.9 Å². The molecule has 0 radical (unpaired) electrons. The summed E-state index contributed by atoms with van der Waals surface area (Å²) in [6.45, 7) is 2.07. The van der Waals surface area contributed by atoms with Crippen LogP contribution >= 0.6 is 0 Å². The van der Waals surface area contributed by atoms with E-state index in [1.807, 2.05) is 13.1 Å². The molecule has 0 spiro atoms. The number of aryl methyl sites for hydroxylation is 1. The van der Waals surface area contributed by atoms with Gasteiger partial charge in [0.25, 0.3) is 0 Å². The number of allylic oxidation sites excluding steroid dienone is 2. The largest absolute Gasteiger partial charge is 0.348 e. The summed E-state index contributed by atoms with van der Waals surface area (Å²) in [5, 5.41) is 0. The van der Waals surface area contributed by atoms with Crippen molar-refractivity contribution >= 4 is 11.5 Å². The summed E-state index contributed by atoms with van der Waals surface area (Å²) in [6.07, 6.45) is 3.27. The number of anilines is 1. The number of hydrogen-bond acceptors (Lipinski definition) is 2. The zero-order chi connectivity index (χ0) is 10.8. The molecule has 2 heteroatoms. The van der Waals surface area contributed by atoms with Crippen molar-refractivity contribution in [2.75, 3.05) is 11.9 Å². The summed E-state index contributed by atoms with van der Waals surface area (Å²) in [5.41, 5.74) is 3.51. The SMILES string of the molecule is Cc1cccc(N(C)C2=CC(=O)CC2)c1. The first kappa shape index (κ1) is 9.97. The molecule has 2 nitrogen and oxygen atoms in total. The lowest BCUT2D eigenvalue weighted by atomic mass is 10.2. The average molecular weight is 201 g/mol. The van der Waals surface area contributed by atoms with Crippen LogP contribution in [0.15, 0.2) is 36.0 Å². The van der Waals surface area contributed by atoms with E-state index in [2.05, 4.69) is 30.0 Å². The first-order valence-corrected chi connectivity index (χ1v) is 5.20. The van der Waals surface area contributed by atoms with Gasteiger partial charge in [-0.05, 0) is 31.0 Å². The van der Waals surface area contributed by atoms with E-state index in [4.69, 9.17) is 0 Å². The van der Waals surface area contributed by atoms with E-state index in [-0.39, 0.29) is 5.78 Å². The van der Waals surface area contributed by atoms with Gasteiger partial charge in [-0.25, -0.2) is 0 Å². The highest BCUT2D eigenvalue weighted by Gasteiger charge is 2.16. The van der Waals surface area contributed by atoms with E-state index in [0.717, 1.165) is 17.8 Å². The fraction of sp³-hybridized carbons (Fsp3) is 0.308. The lowest BCUT2D eigenvalue weighted by molar-refractivity contribution is -0.114. The Labute approximate surface area is 90.2 Å². The van der Waals surface area contributed by atoms with Gasteiger partial charge < -0.3 is 4.90 Å². The molecule has 0 aliphatic heterocycles. The molecule has 0 aromatic heterocycles. The summed E-state index contributed by atoms with van der Waals surface area (Å²) in [4.78, 5) is 13.2. The summed E-state index contributed by atoms with van der Waals surface area (Å²) < 4.78 is 0. The molecule has 1 aliphatic carbocycles. The molecular formula is C13H15NO. The highest BCUT2D eigenvalue weighted by molar-refractivity contribution is 5.93. The van der Waals surface area contributed by atoms with Gasteiger partial charge >= 0.3 is 0 Å². The van der Waals surface area contributed by atoms with E-state index in [9.17, 15) is 4.79 Å². The van der Waals surface area contributed by atoms with E-state index in [1.54, 1.807) is 6.08 Å². The monoisotopic (exact) mass is 201 g/mol. The van der Waals surface area contributed by atoms with Crippen molar-refractivity contribution in [3.05, 3.63) is 41.6 Å². The molecule has 0 N–H and O–H groups in total. The molecular weight excluding hydrogens is 186 g/mol. The van der Waals surface area contributed by atoms with E-state index < -0.39 is 0 Å². The van der Waals surface area contributed by atoms with Crippen molar-refractivity contribution in [1.82, 2.24) is 0 Å². The van der Waals surface area contributed by atoms with Crippen LogP contribution in [0.1, 0.15) is 18.4 Å². The van der Waals surface area contributed by atoms with Gasteiger partial charge in [-0.2, -0.15) is 0 Å². The second-order valence-corrected chi connectivity index (χ2v) is 4.00. The van der Waals surface area contributed by atoms with E-state index in [1.165, 1.54) is 5.56 Å². The van der Waals surface area contributed by atoms with Crippen LogP contribution < -0.4 is 4.90 Å². The second-order valence-electron chi connectivity index (χ2n) is 4.00. The molecule has 0 saturated carbocycles. The molecule has 15 heavy (non-hydrogen) atoms. The highest BCUT2D eigenvalue weighted by Crippen LogP contribution is 2.24. The standard InChI is InChI=1S/C13H15NO/c1-10-4-3-5-11(8-10)14(2)12-6-7-13(15)9-12/h3-5,8-9H,6-7H2,1-2H3. The third kappa shape index (κ3) is 2.09. The molecule has 2 rings (SSSR count). The Balaban J connectivity index is 2.24. The van der Waals surface area contributed by atoms with Crippen molar-refractivity contribution < 1.29 is 4.79 Å². The molecule has 1 aliphatic rings. The first-order valence-electron chi connectivity index (χ1n) is 5.20. The number of carbonyl (C=O) groups excluding carboxylic acids is 1. The smallest absolute Gasteiger partial charge is 0.157 e. The van der Waals surface area contributed by atoms with Crippen molar-refractivity contribution in [1.29, 1.82) is 0 Å². The van der Waals surface area contributed by atoms with Crippen molar-refractivity contribution in [2.45, 2.75) is 19.8 Å². The van der Waals surface area contributed by atoms with Crippen LogP contribution in [0.3, 0.4) is 0 Å². The Bertz CT molecular complexity index is 420. The molecule has 1 aromatic carbocycles. The van der Waals surface area contributed by atoms with Gasteiger partial charge in [-0.3, -0.25) is 4.79 Å². The Morgan fingerprint density at radius 1 is 1.27 bits per heavy atom. The summed E-state index contributed by atoms with van der Waals surface area (Å²) in [6, 6.07) is 8.31. The first-order chi connectivity index (χ1) is 7.16. The van der Waals surface area contributed by atoms with Crippen LogP contribution in [0, 0.1) is 6.92 Å². The van der Waals surface area contributed by atoms with Crippen LogP contribution in [0.5, 0.6) is 0 Å². The van der Waals surface area contributed by atoms with Gasteiger partial charge in [0.15, 0.2) is 5.78 Å². The normalized spacial score (nSPS) is 15.3. The molecule has 1 aromatic rings. The van der Waals surface area contributed by atoms with Gasteiger partial charge in [0.2, 0.25) is 0 Å². The quantitative estimate of drug-likeness (QED) is 0.733. The molecule has 0 unspecified atom stereocenters. The number of rotatable bonds is 2. The van der Waals surface area contributed by atoms with E-state index in [0.29, 0.717) is 6.42 Å². The van der Waals surface area contributed by atoms with Crippen LogP contribution in [-0.4, -0.2) is 12.8 Å². The van der Waals surface area contributed by atoms with Crippen LogP contribution in [0.2, 0.25) is 0 Å². The minimum atomic E-state index is 0.240. The number of nitrogens with zero attached hydrogens (tertiary/aromatic N) is 1. The maximum absolute atomic E-state index is 11.2. The molecule has 78 valence electrons. The summed E-state index contributed by atoms with van der Waals surface area (Å²) in [7, 11) is 2.01. The van der Waals surface area contributed by atoms with Gasteiger partial charge in [0.05, 0.1) is 0 Å². The Morgan fingerprint density at radius 2 is 2.07 bits per heavy atom. The third-order valence-corrected chi connectivity index (χ3v) is 2.77. The second kappa shape index (κ2) is 3.89. The topological polar surface area (TPSA) is 20.3 Å². The third-order valence-electron chi connectivity index (χ3n) is 2.77. The predicted octanol–water partition coefficient (Wildman–Crippen LogP) is 2.68. The van der Waals surface area contributed by atoms with Crippen molar-refractivity contribution in [2.24, 2.45) is 0 Å². The number of ketones is 1. The number of carbonyl (C=O) groups is 1. The average Bonchev–Trinajstić information content (AvgIpc) is 2.64. The number of hydrogen-bond donors (Lipinski definition) is 0. The Kier molecular flexibility index (Phi) is 2.58. The van der Waals surface area contributed by atoms with E-state index >= 15 is 0 Å². The summed E-state index contributed by atoms with van der Waals surface area (Å²) in [5.74, 6) is 0.240.